The molecular weight excluding hydrogens is 230 g/mol. The number of β-amino-alcohol motifs (C(OH)–C–C–N with tert-alkyl or cyclic N) is 1. The molecule has 1 aromatic carbocycles. The zero-order valence-corrected chi connectivity index (χ0v) is 10.8. The van der Waals surface area contributed by atoms with Gasteiger partial charge in [0.2, 0.25) is 5.91 Å². The molecule has 4 nitrogen and oxygen atoms in total. The molecule has 1 atom stereocenters. The van der Waals surface area contributed by atoms with Crippen LogP contribution in [0.2, 0.25) is 0 Å². The van der Waals surface area contributed by atoms with Crippen LogP contribution in [0.15, 0.2) is 24.3 Å². The van der Waals surface area contributed by atoms with Crippen molar-refractivity contribution in [3.05, 3.63) is 29.8 Å². The first kappa shape index (κ1) is 12.9. The number of nitrogens with zero attached hydrogens (tertiary/aromatic N) is 1. The number of benzene rings is 1. The summed E-state index contributed by atoms with van der Waals surface area (Å²) in [6.07, 6.45) is -0.110. The van der Waals surface area contributed by atoms with Crippen molar-refractivity contribution < 1.29 is 14.6 Å². The molecular formula is C14H19NO3. The van der Waals surface area contributed by atoms with Crippen LogP contribution in [0.4, 0.5) is 0 Å². The maximum atomic E-state index is 11.5. The van der Waals surface area contributed by atoms with Gasteiger partial charge in [-0.2, -0.15) is 0 Å². The molecule has 0 aromatic heterocycles. The van der Waals surface area contributed by atoms with Crippen molar-refractivity contribution in [1.82, 2.24) is 4.90 Å². The van der Waals surface area contributed by atoms with Crippen molar-refractivity contribution in [2.75, 3.05) is 6.54 Å². The maximum absolute atomic E-state index is 11.5. The average Bonchev–Trinajstić information content (AvgIpc) is 2.59. The van der Waals surface area contributed by atoms with Crippen LogP contribution < -0.4 is 4.74 Å². The smallest absolute Gasteiger partial charge is 0.225 e. The Hall–Kier alpha value is -1.55. The minimum Gasteiger partial charge on any atom is -0.491 e. The minimum atomic E-state index is -0.513. The number of likely N-dealkylation sites (tertiary alicyclic amines) is 1. The first-order valence-electron chi connectivity index (χ1n) is 6.26. The first-order valence-corrected chi connectivity index (χ1v) is 6.26. The number of aliphatic hydroxyl groups excluding tert-OH is 1. The lowest BCUT2D eigenvalue weighted by atomic mass is 10.2. The Morgan fingerprint density at radius 2 is 2.06 bits per heavy atom. The van der Waals surface area contributed by atoms with Crippen LogP contribution in [0.3, 0.4) is 0 Å². The average molecular weight is 249 g/mol. The molecule has 18 heavy (non-hydrogen) atoms. The number of hydrogen-bond acceptors (Lipinski definition) is 3. The van der Waals surface area contributed by atoms with Crippen LogP contribution >= 0.6 is 0 Å². The lowest BCUT2D eigenvalue weighted by Crippen LogP contribution is -2.25. The zero-order valence-electron chi connectivity index (χ0n) is 10.8. The van der Waals surface area contributed by atoms with E-state index in [0.717, 1.165) is 11.3 Å². The van der Waals surface area contributed by atoms with Gasteiger partial charge >= 0.3 is 0 Å². The van der Waals surface area contributed by atoms with Crippen molar-refractivity contribution in [1.29, 1.82) is 0 Å². The van der Waals surface area contributed by atoms with Crippen LogP contribution in [-0.4, -0.2) is 34.7 Å². The van der Waals surface area contributed by atoms with E-state index in [0.29, 0.717) is 13.1 Å². The number of carbonyl (C=O) groups excluding carboxylic acids is 1. The molecule has 2 rings (SSSR count). The molecule has 1 heterocycles. The number of carbonyl (C=O) groups is 1. The van der Waals surface area contributed by atoms with Crippen LogP contribution in [0.25, 0.3) is 0 Å². The molecule has 1 amide bonds. The minimum absolute atomic E-state index is 0.0185. The molecule has 1 unspecified atom stereocenters. The summed E-state index contributed by atoms with van der Waals surface area (Å²) in [7, 11) is 0. The van der Waals surface area contributed by atoms with Crippen LogP contribution in [0.5, 0.6) is 5.75 Å². The largest absolute Gasteiger partial charge is 0.491 e. The summed E-state index contributed by atoms with van der Waals surface area (Å²) in [5.74, 6) is 0.853. The molecule has 1 aliphatic rings. The lowest BCUT2D eigenvalue weighted by molar-refractivity contribution is -0.128. The van der Waals surface area contributed by atoms with Gasteiger partial charge in [0, 0.05) is 13.1 Å². The molecule has 0 bridgehead atoms. The normalized spacial score (nSPS) is 19.7. The Kier molecular flexibility index (Phi) is 3.87. The fourth-order valence-corrected chi connectivity index (χ4v) is 2.07. The monoisotopic (exact) mass is 249 g/mol. The molecule has 4 heteroatoms. The van der Waals surface area contributed by atoms with E-state index in [9.17, 15) is 9.90 Å². The molecule has 0 spiro atoms. The van der Waals surface area contributed by atoms with Crippen molar-refractivity contribution in [3.8, 4) is 5.75 Å². The highest BCUT2D eigenvalue weighted by atomic mass is 16.5. The van der Waals surface area contributed by atoms with Crippen molar-refractivity contribution >= 4 is 5.91 Å². The standard InChI is InChI=1S/C14H19NO3/c1-10(2)18-13-5-3-11(4-6-13)8-15-9-12(16)7-14(15)17/h3-6,10,12,16H,7-9H2,1-2H3. The SMILES string of the molecule is CC(C)Oc1ccc(CN2CC(O)CC2=O)cc1. The third-order valence-electron chi connectivity index (χ3n) is 2.86. The van der Waals surface area contributed by atoms with E-state index in [2.05, 4.69) is 0 Å². The fourth-order valence-electron chi connectivity index (χ4n) is 2.07. The van der Waals surface area contributed by atoms with Gasteiger partial charge in [0.1, 0.15) is 5.75 Å². The zero-order chi connectivity index (χ0) is 13.1. The van der Waals surface area contributed by atoms with E-state index in [-0.39, 0.29) is 18.4 Å². The van der Waals surface area contributed by atoms with E-state index in [4.69, 9.17) is 4.74 Å². The van der Waals surface area contributed by atoms with Gasteiger partial charge in [-0.05, 0) is 31.5 Å². The van der Waals surface area contributed by atoms with E-state index in [1.807, 2.05) is 38.1 Å². The van der Waals surface area contributed by atoms with Crippen molar-refractivity contribution in [2.24, 2.45) is 0 Å². The van der Waals surface area contributed by atoms with Gasteiger partial charge < -0.3 is 14.7 Å². The molecule has 1 saturated heterocycles. The van der Waals surface area contributed by atoms with Crippen LogP contribution in [0, 0.1) is 0 Å². The molecule has 1 aliphatic heterocycles. The maximum Gasteiger partial charge on any atom is 0.225 e. The molecule has 98 valence electrons. The molecule has 1 N–H and O–H groups in total. The quantitative estimate of drug-likeness (QED) is 0.881. The van der Waals surface area contributed by atoms with Crippen molar-refractivity contribution in [2.45, 2.75) is 39.0 Å². The molecule has 0 radical (unpaired) electrons. The second-order valence-electron chi connectivity index (χ2n) is 4.94. The predicted octanol–water partition coefficient (Wildman–Crippen LogP) is 1.57. The molecule has 0 aliphatic carbocycles. The second kappa shape index (κ2) is 5.40. The molecule has 1 fully saturated rings. The third-order valence-corrected chi connectivity index (χ3v) is 2.86. The topological polar surface area (TPSA) is 49.8 Å². The number of ether oxygens (including phenoxy) is 1. The second-order valence-corrected chi connectivity index (χ2v) is 4.94. The number of amides is 1. The van der Waals surface area contributed by atoms with E-state index >= 15 is 0 Å². The first-order chi connectivity index (χ1) is 8.54. The van der Waals surface area contributed by atoms with E-state index in [1.165, 1.54) is 0 Å². The summed E-state index contributed by atoms with van der Waals surface area (Å²) in [6.45, 7) is 4.96. The van der Waals surface area contributed by atoms with Crippen LogP contribution in [0.1, 0.15) is 25.8 Å². The van der Waals surface area contributed by atoms with E-state index < -0.39 is 6.10 Å². The van der Waals surface area contributed by atoms with Gasteiger partial charge in [-0.3, -0.25) is 4.79 Å². The van der Waals surface area contributed by atoms with Crippen molar-refractivity contribution in [3.63, 3.8) is 0 Å². The molecule has 1 aromatic rings. The van der Waals surface area contributed by atoms with E-state index in [1.54, 1.807) is 4.90 Å². The highest BCUT2D eigenvalue weighted by Gasteiger charge is 2.27. The van der Waals surface area contributed by atoms with Crippen LogP contribution in [-0.2, 0) is 11.3 Å². The Bertz CT molecular complexity index is 414. The van der Waals surface area contributed by atoms with Gasteiger partial charge in [-0.25, -0.2) is 0 Å². The van der Waals surface area contributed by atoms with Gasteiger partial charge in [0.25, 0.3) is 0 Å². The highest BCUT2D eigenvalue weighted by Crippen LogP contribution is 2.18. The summed E-state index contributed by atoms with van der Waals surface area (Å²) < 4.78 is 5.56. The Morgan fingerprint density at radius 3 is 2.56 bits per heavy atom. The summed E-state index contributed by atoms with van der Waals surface area (Å²) in [4.78, 5) is 13.2. The summed E-state index contributed by atoms with van der Waals surface area (Å²) >= 11 is 0. The summed E-state index contributed by atoms with van der Waals surface area (Å²) in [5.41, 5.74) is 1.05. The fraction of sp³-hybridized carbons (Fsp3) is 0.500. The number of rotatable bonds is 4. The molecule has 0 saturated carbocycles. The summed E-state index contributed by atoms with van der Waals surface area (Å²) in [5, 5.41) is 9.41. The van der Waals surface area contributed by atoms with Gasteiger partial charge in [0.05, 0.1) is 18.6 Å². The van der Waals surface area contributed by atoms with Gasteiger partial charge in [0.15, 0.2) is 0 Å². The Labute approximate surface area is 107 Å². The van der Waals surface area contributed by atoms with Gasteiger partial charge in [-0.15, -0.1) is 0 Å². The third kappa shape index (κ3) is 3.23. The highest BCUT2D eigenvalue weighted by molar-refractivity contribution is 5.79. The number of hydrogen-bond donors (Lipinski definition) is 1. The Balaban J connectivity index is 1.96. The Morgan fingerprint density at radius 1 is 1.39 bits per heavy atom. The van der Waals surface area contributed by atoms with Gasteiger partial charge in [-0.1, -0.05) is 12.1 Å². The lowest BCUT2D eigenvalue weighted by Gasteiger charge is -2.16. The number of aliphatic hydroxyl groups is 1. The predicted molar refractivity (Wildman–Crippen MR) is 68.2 cm³/mol. The summed E-state index contributed by atoms with van der Waals surface area (Å²) in [6, 6.07) is 7.73.